The van der Waals surface area contributed by atoms with Crippen LogP contribution in [0.1, 0.15) is 6.42 Å². The van der Waals surface area contributed by atoms with E-state index in [1.165, 1.54) is 0 Å². The molecule has 0 atom stereocenters. The van der Waals surface area contributed by atoms with Crippen molar-refractivity contribution in [1.29, 1.82) is 0 Å². The van der Waals surface area contributed by atoms with Crippen molar-refractivity contribution in [1.82, 2.24) is 0 Å². The first kappa shape index (κ1) is 15.2. The number of thioether (sulfide) groups is 1. The summed E-state index contributed by atoms with van der Waals surface area (Å²) in [4.78, 5) is 12.7. The van der Waals surface area contributed by atoms with Crippen LogP contribution < -0.4 is 4.74 Å². The maximum absolute atomic E-state index is 11.7. The van der Waals surface area contributed by atoms with Crippen molar-refractivity contribution >= 4 is 40.9 Å². The molecule has 2 nitrogen and oxygen atoms in total. The minimum Gasteiger partial charge on any atom is -0.427 e. The molecule has 104 valence electrons. The number of halogens is 2. The van der Waals surface area contributed by atoms with Crippen LogP contribution in [0.25, 0.3) is 0 Å². The van der Waals surface area contributed by atoms with Crippen LogP contribution in [0.4, 0.5) is 0 Å². The van der Waals surface area contributed by atoms with Crippen molar-refractivity contribution in [2.24, 2.45) is 0 Å². The van der Waals surface area contributed by atoms with Gasteiger partial charge in [0.2, 0.25) is 0 Å². The number of esters is 1. The molecular formula is C15H12Cl2O2S. The predicted octanol–water partition coefficient (Wildman–Crippen LogP) is 5.08. The second-order valence-corrected chi connectivity index (χ2v) is 6.03. The smallest absolute Gasteiger partial charge is 0.312 e. The third kappa shape index (κ3) is 5.08. The zero-order valence-electron chi connectivity index (χ0n) is 10.5. The van der Waals surface area contributed by atoms with Gasteiger partial charge in [0.05, 0.1) is 6.42 Å². The van der Waals surface area contributed by atoms with Crippen molar-refractivity contribution in [3.05, 3.63) is 58.6 Å². The number of hydrogen-bond acceptors (Lipinski definition) is 3. The summed E-state index contributed by atoms with van der Waals surface area (Å²) in [5.41, 5.74) is 0. The van der Waals surface area contributed by atoms with Gasteiger partial charge in [-0.2, -0.15) is 0 Å². The van der Waals surface area contributed by atoms with Gasteiger partial charge in [0.25, 0.3) is 0 Å². The normalized spacial score (nSPS) is 10.3. The molecule has 2 aromatic rings. The summed E-state index contributed by atoms with van der Waals surface area (Å²) in [5.74, 6) is 0.890. The highest BCUT2D eigenvalue weighted by Gasteiger charge is 2.05. The molecule has 0 aliphatic rings. The molecule has 5 heteroatoms. The van der Waals surface area contributed by atoms with Crippen LogP contribution in [0.3, 0.4) is 0 Å². The van der Waals surface area contributed by atoms with E-state index in [2.05, 4.69) is 0 Å². The van der Waals surface area contributed by atoms with Crippen LogP contribution in [0.2, 0.25) is 10.0 Å². The van der Waals surface area contributed by atoms with E-state index < -0.39 is 0 Å². The number of carbonyl (C=O) groups is 1. The largest absolute Gasteiger partial charge is 0.427 e. The van der Waals surface area contributed by atoms with Crippen molar-refractivity contribution in [2.75, 3.05) is 5.75 Å². The molecular weight excluding hydrogens is 315 g/mol. The van der Waals surface area contributed by atoms with Gasteiger partial charge >= 0.3 is 5.97 Å². The molecule has 2 aromatic carbocycles. The Bertz CT molecular complexity index is 585. The van der Waals surface area contributed by atoms with Crippen LogP contribution in [-0.4, -0.2) is 11.7 Å². The fourth-order valence-electron chi connectivity index (χ4n) is 1.49. The molecule has 0 unspecified atom stereocenters. The number of ether oxygens (including phenoxy) is 1. The summed E-state index contributed by atoms with van der Waals surface area (Å²) in [6.45, 7) is 0. The van der Waals surface area contributed by atoms with E-state index in [0.29, 0.717) is 28.0 Å². The molecule has 0 saturated carbocycles. The lowest BCUT2D eigenvalue weighted by Crippen LogP contribution is -2.08. The summed E-state index contributed by atoms with van der Waals surface area (Å²) in [6, 6.07) is 14.2. The third-order valence-electron chi connectivity index (χ3n) is 2.42. The van der Waals surface area contributed by atoms with E-state index in [1.54, 1.807) is 36.0 Å². The van der Waals surface area contributed by atoms with Gasteiger partial charge in [0.1, 0.15) is 5.75 Å². The molecule has 0 fully saturated rings. The number of hydrogen-bond donors (Lipinski definition) is 0. The fraction of sp³-hybridized carbons (Fsp3) is 0.133. The zero-order chi connectivity index (χ0) is 14.4. The second kappa shape index (κ2) is 7.58. The van der Waals surface area contributed by atoms with Gasteiger partial charge in [0.15, 0.2) is 0 Å². The van der Waals surface area contributed by atoms with Gasteiger partial charge in [-0.1, -0.05) is 29.3 Å². The number of benzene rings is 2. The van der Waals surface area contributed by atoms with E-state index in [4.69, 9.17) is 27.9 Å². The Morgan fingerprint density at radius 2 is 1.80 bits per heavy atom. The van der Waals surface area contributed by atoms with Crippen molar-refractivity contribution in [3.63, 3.8) is 0 Å². The zero-order valence-corrected chi connectivity index (χ0v) is 12.8. The number of rotatable bonds is 5. The molecule has 0 amide bonds. The molecule has 0 heterocycles. The van der Waals surface area contributed by atoms with Crippen LogP contribution in [0, 0.1) is 0 Å². The van der Waals surface area contributed by atoms with Crippen LogP contribution >= 0.6 is 35.0 Å². The fourth-order valence-corrected chi connectivity index (χ4v) is 2.76. The topological polar surface area (TPSA) is 26.3 Å². The average Bonchev–Trinajstić information content (AvgIpc) is 2.41. The molecule has 0 aliphatic carbocycles. The molecule has 0 bridgehead atoms. The van der Waals surface area contributed by atoms with E-state index in [9.17, 15) is 4.79 Å². The molecule has 0 spiro atoms. The molecule has 0 saturated heterocycles. The summed E-state index contributed by atoms with van der Waals surface area (Å²) in [7, 11) is 0. The first-order chi connectivity index (χ1) is 9.63. The van der Waals surface area contributed by atoms with Gasteiger partial charge in [-0.25, -0.2) is 0 Å². The highest BCUT2D eigenvalue weighted by molar-refractivity contribution is 7.99. The summed E-state index contributed by atoms with van der Waals surface area (Å²) in [5, 5.41) is 1.31. The second-order valence-electron chi connectivity index (χ2n) is 3.98. The van der Waals surface area contributed by atoms with Crippen molar-refractivity contribution in [3.8, 4) is 5.75 Å². The van der Waals surface area contributed by atoms with Gasteiger partial charge in [0, 0.05) is 20.7 Å². The summed E-state index contributed by atoms with van der Waals surface area (Å²) < 4.78 is 5.19. The minimum atomic E-state index is -0.262. The van der Waals surface area contributed by atoms with E-state index >= 15 is 0 Å². The Kier molecular flexibility index (Phi) is 5.77. The molecule has 0 radical (unpaired) electrons. The van der Waals surface area contributed by atoms with Gasteiger partial charge < -0.3 is 4.74 Å². The first-order valence-corrected chi connectivity index (χ1v) is 7.72. The maximum atomic E-state index is 11.7. The van der Waals surface area contributed by atoms with E-state index in [1.807, 2.05) is 24.3 Å². The van der Waals surface area contributed by atoms with Gasteiger partial charge in [-0.3, -0.25) is 4.79 Å². The Balaban J connectivity index is 1.76. The Labute approximate surface area is 132 Å². The molecule has 2 rings (SSSR count). The molecule has 0 aromatic heterocycles. The lowest BCUT2D eigenvalue weighted by atomic mass is 10.3. The van der Waals surface area contributed by atoms with E-state index in [0.717, 1.165) is 4.90 Å². The summed E-state index contributed by atoms with van der Waals surface area (Å²) >= 11 is 13.2. The quantitative estimate of drug-likeness (QED) is 0.435. The predicted molar refractivity (Wildman–Crippen MR) is 83.9 cm³/mol. The third-order valence-corrected chi connectivity index (χ3v) is 3.90. The maximum Gasteiger partial charge on any atom is 0.312 e. The van der Waals surface area contributed by atoms with Gasteiger partial charge in [-0.15, -0.1) is 11.8 Å². The van der Waals surface area contributed by atoms with Crippen LogP contribution in [0.15, 0.2) is 53.4 Å². The lowest BCUT2D eigenvalue weighted by molar-refractivity contribution is -0.133. The Morgan fingerprint density at radius 3 is 2.50 bits per heavy atom. The SMILES string of the molecule is O=C(CCSc1cccc(Cl)c1)Oc1ccc(Cl)cc1. The van der Waals surface area contributed by atoms with Gasteiger partial charge in [-0.05, 0) is 42.5 Å². The first-order valence-electron chi connectivity index (χ1n) is 5.98. The van der Waals surface area contributed by atoms with Crippen molar-refractivity contribution in [2.45, 2.75) is 11.3 Å². The Morgan fingerprint density at radius 1 is 1.05 bits per heavy atom. The van der Waals surface area contributed by atoms with E-state index in [-0.39, 0.29) is 5.97 Å². The standard InChI is InChI=1S/C15H12Cl2O2S/c16-11-4-6-13(7-5-11)19-15(18)8-9-20-14-3-1-2-12(17)10-14/h1-7,10H,8-9H2. The highest BCUT2D eigenvalue weighted by atomic mass is 35.5. The number of carbonyl (C=O) groups excluding carboxylic acids is 1. The Hall–Kier alpha value is -1.16. The van der Waals surface area contributed by atoms with Crippen molar-refractivity contribution < 1.29 is 9.53 Å². The highest BCUT2D eigenvalue weighted by Crippen LogP contribution is 2.22. The molecule has 0 N–H and O–H groups in total. The molecule has 0 aliphatic heterocycles. The summed E-state index contributed by atoms with van der Waals surface area (Å²) in [6.07, 6.45) is 0.333. The van der Waals surface area contributed by atoms with Crippen LogP contribution in [0.5, 0.6) is 5.75 Å². The monoisotopic (exact) mass is 326 g/mol. The van der Waals surface area contributed by atoms with Crippen LogP contribution in [-0.2, 0) is 4.79 Å². The molecule has 20 heavy (non-hydrogen) atoms. The average molecular weight is 327 g/mol. The minimum absolute atomic E-state index is 0.262. The lowest BCUT2D eigenvalue weighted by Gasteiger charge is -2.04.